The number of anilines is 2. The number of rotatable bonds is 3. The van der Waals surface area contributed by atoms with E-state index in [0.29, 0.717) is 0 Å². The van der Waals surface area contributed by atoms with E-state index in [4.69, 9.17) is 0 Å². The fourth-order valence-corrected chi connectivity index (χ4v) is 3.56. The number of carbonyl (C=O) groups is 1. The molecule has 1 aliphatic rings. The molecular formula is C15H17N3OS. The Hall–Kier alpha value is -1.88. The molecule has 0 aromatic carbocycles. The summed E-state index contributed by atoms with van der Waals surface area (Å²) in [6.07, 6.45) is 6.37. The zero-order valence-electron chi connectivity index (χ0n) is 11.4. The fraction of sp³-hybridized carbons (Fsp3) is 0.333. The Kier molecular flexibility index (Phi) is 3.69. The lowest BCUT2D eigenvalue weighted by Crippen LogP contribution is -2.10. The van der Waals surface area contributed by atoms with Gasteiger partial charge in [0.2, 0.25) is 0 Å². The summed E-state index contributed by atoms with van der Waals surface area (Å²) in [5.74, 6) is 0.748. The molecule has 2 aromatic heterocycles. The van der Waals surface area contributed by atoms with Gasteiger partial charge in [-0.2, -0.15) is 0 Å². The van der Waals surface area contributed by atoms with Crippen molar-refractivity contribution < 1.29 is 4.79 Å². The number of aromatic nitrogens is 1. The molecule has 0 saturated carbocycles. The summed E-state index contributed by atoms with van der Waals surface area (Å²) in [5, 5.41) is 5.85. The molecule has 2 heterocycles. The lowest BCUT2D eigenvalue weighted by molar-refractivity contribution is 0.103. The zero-order chi connectivity index (χ0) is 13.9. The SMILES string of the molecule is CNc1ccc(NC(=O)c2cc3c(s2)CCCC3)cn1. The van der Waals surface area contributed by atoms with Crippen LogP contribution in [-0.4, -0.2) is 17.9 Å². The number of thiophene rings is 1. The van der Waals surface area contributed by atoms with Crippen LogP contribution in [0.25, 0.3) is 0 Å². The van der Waals surface area contributed by atoms with Gasteiger partial charge in [-0.05, 0) is 49.4 Å². The first-order valence-electron chi connectivity index (χ1n) is 6.83. The minimum atomic E-state index is -0.0385. The van der Waals surface area contributed by atoms with Gasteiger partial charge in [0, 0.05) is 11.9 Å². The molecule has 2 N–H and O–H groups in total. The molecule has 3 rings (SSSR count). The van der Waals surface area contributed by atoms with Gasteiger partial charge >= 0.3 is 0 Å². The molecule has 1 aliphatic carbocycles. The van der Waals surface area contributed by atoms with Crippen molar-refractivity contribution in [1.82, 2.24) is 4.98 Å². The van der Waals surface area contributed by atoms with Gasteiger partial charge in [-0.3, -0.25) is 4.79 Å². The number of aryl methyl sites for hydroxylation is 2. The van der Waals surface area contributed by atoms with Crippen molar-refractivity contribution >= 4 is 28.7 Å². The molecule has 0 aliphatic heterocycles. The van der Waals surface area contributed by atoms with E-state index in [1.54, 1.807) is 17.5 Å². The Morgan fingerprint density at radius 1 is 1.30 bits per heavy atom. The van der Waals surface area contributed by atoms with E-state index in [-0.39, 0.29) is 5.91 Å². The number of nitrogens with one attached hydrogen (secondary N) is 2. The van der Waals surface area contributed by atoms with Crippen LogP contribution in [0.15, 0.2) is 24.4 Å². The van der Waals surface area contributed by atoms with Crippen LogP contribution < -0.4 is 10.6 Å². The van der Waals surface area contributed by atoms with E-state index in [0.717, 1.165) is 29.2 Å². The van der Waals surface area contributed by atoms with Crippen LogP contribution in [0.5, 0.6) is 0 Å². The summed E-state index contributed by atoms with van der Waals surface area (Å²) in [6.45, 7) is 0. The Morgan fingerprint density at radius 2 is 2.15 bits per heavy atom. The number of hydrogen-bond donors (Lipinski definition) is 2. The van der Waals surface area contributed by atoms with Crippen molar-refractivity contribution in [3.8, 4) is 0 Å². The molecule has 2 aromatic rings. The summed E-state index contributed by atoms with van der Waals surface area (Å²) in [5.41, 5.74) is 2.08. The minimum Gasteiger partial charge on any atom is -0.373 e. The molecule has 104 valence electrons. The van der Waals surface area contributed by atoms with Crippen molar-refractivity contribution in [1.29, 1.82) is 0 Å². The molecule has 0 fully saturated rings. The summed E-state index contributed by atoms with van der Waals surface area (Å²) in [7, 11) is 1.82. The van der Waals surface area contributed by atoms with Gasteiger partial charge in [-0.25, -0.2) is 4.98 Å². The Balaban J connectivity index is 1.73. The number of fused-ring (bicyclic) bond motifs is 1. The summed E-state index contributed by atoms with van der Waals surface area (Å²) >= 11 is 1.63. The maximum atomic E-state index is 12.2. The third-order valence-electron chi connectivity index (χ3n) is 3.50. The van der Waals surface area contributed by atoms with Gasteiger partial charge in [-0.15, -0.1) is 11.3 Å². The van der Waals surface area contributed by atoms with E-state index in [1.807, 2.05) is 25.2 Å². The van der Waals surface area contributed by atoms with Crippen molar-refractivity contribution in [3.63, 3.8) is 0 Å². The van der Waals surface area contributed by atoms with Crippen molar-refractivity contribution in [2.45, 2.75) is 25.7 Å². The highest BCUT2D eigenvalue weighted by atomic mass is 32.1. The lowest BCUT2D eigenvalue weighted by Gasteiger charge is -2.08. The highest BCUT2D eigenvalue weighted by molar-refractivity contribution is 7.14. The smallest absolute Gasteiger partial charge is 0.265 e. The number of amides is 1. The van der Waals surface area contributed by atoms with Crippen LogP contribution in [0.2, 0.25) is 0 Å². The summed E-state index contributed by atoms with van der Waals surface area (Å²) in [4.78, 5) is 18.6. The highest BCUT2D eigenvalue weighted by Crippen LogP contribution is 2.30. The average molecular weight is 287 g/mol. The first kappa shape index (κ1) is 13.1. The standard InChI is InChI=1S/C15H17N3OS/c1-16-14-7-6-11(9-17-14)18-15(19)13-8-10-4-2-3-5-12(10)20-13/h6-9H,2-5H2,1H3,(H,16,17)(H,18,19). The molecule has 0 bridgehead atoms. The predicted molar refractivity (Wildman–Crippen MR) is 82.7 cm³/mol. The average Bonchev–Trinajstić information content (AvgIpc) is 2.92. The van der Waals surface area contributed by atoms with E-state index in [9.17, 15) is 4.79 Å². The van der Waals surface area contributed by atoms with Gasteiger partial charge in [0.25, 0.3) is 5.91 Å². The molecule has 0 atom stereocenters. The second kappa shape index (κ2) is 5.63. The number of hydrogen-bond acceptors (Lipinski definition) is 4. The first-order chi connectivity index (χ1) is 9.76. The monoisotopic (exact) mass is 287 g/mol. The molecule has 1 amide bonds. The molecule has 5 heteroatoms. The van der Waals surface area contributed by atoms with E-state index in [2.05, 4.69) is 15.6 Å². The van der Waals surface area contributed by atoms with Crippen LogP contribution in [0.1, 0.15) is 33.0 Å². The van der Waals surface area contributed by atoms with Crippen LogP contribution in [-0.2, 0) is 12.8 Å². The summed E-state index contributed by atoms with van der Waals surface area (Å²) in [6, 6.07) is 5.74. The molecule has 0 spiro atoms. The fourth-order valence-electron chi connectivity index (χ4n) is 2.41. The second-order valence-corrected chi connectivity index (χ2v) is 6.04. The van der Waals surface area contributed by atoms with Gasteiger partial charge in [0.05, 0.1) is 16.8 Å². The molecule has 0 unspecified atom stereocenters. The third-order valence-corrected chi connectivity index (χ3v) is 4.73. The molecule has 20 heavy (non-hydrogen) atoms. The van der Waals surface area contributed by atoms with Crippen molar-refractivity contribution in [2.75, 3.05) is 17.7 Å². The van der Waals surface area contributed by atoms with Gasteiger partial charge in [0.1, 0.15) is 5.82 Å². The van der Waals surface area contributed by atoms with Crippen LogP contribution >= 0.6 is 11.3 Å². The maximum absolute atomic E-state index is 12.2. The quantitative estimate of drug-likeness (QED) is 0.910. The van der Waals surface area contributed by atoms with E-state index >= 15 is 0 Å². The van der Waals surface area contributed by atoms with Crippen LogP contribution in [0.4, 0.5) is 11.5 Å². The molecule has 4 nitrogen and oxygen atoms in total. The number of pyridine rings is 1. The van der Waals surface area contributed by atoms with Crippen LogP contribution in [0, 0.1) is 0 Å². The molecule has 0 saturated heterocycles. The highest BCUT2D eigenvalue weighted by Gasteiger charge is 2.17. The topological polar surface area (TPSA) is 54.0 Å². The van der Waals surface area contributed by atoms with Crippen molar-refractivity contribution in [3.05, 3.63) is 39.7 Å². The first-order valence-corrected chi connectivity index (χ1v) is 7.64. The van der Waals surface area contributed by atoms with Gasteiger partial charge < -0.3 is 10.6 Å². The normalized spacial score (nSPS) is 13.7. The summed E-state index contributed by atoms with van der Waals surface area (Å²) < 4.78 is 0. The Labute approximate surface area is 122 Å². The molecule has 0 radical (unpaired) electrons. The second-order valence-electron chi connectivity index (χ2n) is 4.90. The minimum absolute atomic E-state index is 0.0385. The van der Waals surface area contributed by atoms with Gasteiger partial charge in [0.15, 0.2) is 0 Å². The Morgan fingerprint density at radius 3 is 2.85 bits per heavy atom. The van der Waals surface area contributed by atoms with Crippen LogP contribution in [0.3, 0.4) is 0 Å². The maximum Gasteiger partial charge on any atom is 0.265 e. The van der Waals surface area contributed by atoms with E-state index < -0.39 is 0 Å². The number of nitrogens with zero attached hydrogens (tertiary/aromatic N) is 1. The largest absolute Gasteiger partial charge is 0.373 e. The van der Waals surface area contributed by atoms with E-state index in [1.165, 1.54) is 23.3 Å². The third kappa shape index (κ3) is 2.67. The Bertz CT molecular complexity index is 595. The van der Waals surface area contributed by atoms with Gasteiger partial charge in [-0.1, -0.05) is 0 Å². The van der Waals surface area contributed by atoms with Crippen molar-refractivity contribution in [2.24, 2.45) is 0 Å². The predicted octanol–water partition coefficient (Wildman–Crippen LogP) is 3.32. The number of carbonyl (C=O) groups excluding carboxylic acids is 1. The lowest BCUT2D eigenvalue weighted by atomic mass is 9.99. The molecular weight excluding hydrogens is 270 g/mol. The zero-order valence-corrected chi connectivity index (χ0v) is 12.2.